The number of anilines is 1. The van der Waals surface area contributed by atoms with Gasteiger partial charge < -0.3 is 15.1 Å². The highest BCUT2D eigenvalue weighted by Crippen LogP contribution is 2.37. The fourth-order valence-electron chi connectivity index (χ4n) is 5.46. The molecule has 6 nitrogen and oxygen atoms in total. The van der Waals surface area contributed by atoms with E-state index in [0.29, 0.717) is 37.1 Å². The van der Waals surface area contributed by atoms with Crippen molar-refractivity contribution in [1.29, 1.82) is 0 Å². The van der Waals surface area contributed by atoms with E-state index in [1.807, 2.05) is 73.7 Å². The Morgan fingerprint density at radius 1 is 0.927 bits per heavy atom. The third kappa shape index (κ3) is 6.14. The molecule has 1 aliphatic heterocycles. The van der Waals surface area contributed by atoms with Gasteiger partial charge in [-0.3, -0.25) is 14.4 Å². The largest absolute Gasteiger partial charge is 0.354 e. The Balaban J connectivity index is 1.37. The van der Waals surface area contributed by atoms with E-state index in [-0.39, 0.29) is 30.7 Å². The number of carbonyl (C=O) groups excluding carboxylic acids is 3. The first-order chi connectivity index (χ1) is 20.0. The number of halogens is 1. The van der Waals surface area contributed by atoms with Crippen LogP contribution in [0.2, 0.25) is 0 Å². The SMILES string of the molecule is CCCNC(=O)[C@H](Cc1ccccc1)N(Cc1ccccc1F)C(=O)CCCN1C(=O)c2cccc3cccc1c23. The van der Waals surface area contributed by atoms with Crippen LogP contribution in [-0.4, -0.2) is 41.8 Å². The first-order valence-corrected chi connectivity index (χ1v) is 14.2. The van der Waals surface area contributed by atoms with E-state index in [1.165, 1.54) is 11.0 Å². The number of nitrogens with one attached hydrogen (secondary N) is 1. The van der Waals surface area contributed by atoms with E-state index in [9.17, 15) is 18.8 Å². The Hall–Kier alpha value is -4.52. The van der Waals surface area contributed by atoms with Crippen LogP contribution in [0.1, 0.15) is 47.7 Å². The van der Waals surface area contributed by atoms with Gasteiger partial charge in [-0.05, 0) is 42.0 Å². The van der Waals surface area contributed by atoms with Crippen molar-refractivity contribution < 1.29 is 18.8 Å². The molecule has 0 aromatic heterocycles. The van der Waals surface area contributed by atoms with Crippen LogP contribution < -0.4 is 10.2 Å². The fourth-order valence-corrected chi connectivity index (χ4v) is 5.46. The van der Waals surface area contributed by atoms with Crippen molar-refractivity contribution in [3.05, 3.63) is 114 Å². The summed E-state index contributed by atoms with van der Waals surface area (Å²) in [7, 11) is 0. The molecule has 7 heteroatoms. The maximum Gasteiger partial charge on any atom is 0.258 e. The van der Waals surface area contributed by atoms with E-state index in [4.69, 9.17) is 0 Å². The summed E-state index contributed by atoms with van der Waals surface area (Å²) in [5, 5.41) is 4.87. The molecule has 0 radical (unpaired) electrons. The number of nitrogens with zero attached hydrogens (tertiary/aromatic N) is 2. The predicted molar refractivity (Wildman–Crippen MR) is 159 cm³/mol. The minimum atomic E-state index is -0.817. The van der Waals surface area contributed by atoms with E-state index >= 15 is 0 Å². The zero-order valence-electron chi connectivity index (χ0n) is 23.2. The zero-order valence-corrected chi connectivity index (χ0v) is 23.2. The van der Waals surface area contributed by atoms with Crippen LogP contribution in [-0.2, 0) is 22.6 Å². The molecule has 0 aliphatic carbocycles. The molecule has 1 atom stereocenters. The molecule has 3 amide bonds. The molecular weight excluding hydrogens is 517 g/mol. The van der Waals surface area contributed by atoms with Crippen molar-refractivity contribution in [2.45, 2.75) is 45.2 Å². The Morgan fingerprint density at radius 2 is 1.66 bits per heavy atom. The average molecular weight is 552 g/mol. The highest BCUT2D eigenvalue weighted by Gasteiger charge is 2.32. The summed E-state index contributed by atoms with van der Waals surface area (Å²) in [6.45, 7) is 2.77. The van der Waals surface area contributed by atoms with Gasteiger partial charge in [-0.1, -0.05) is 79.7 Å². The maximum atomic E-state index is 14.8. The average Bonchev–Trinajstić information content (AvgIpc) is 3.27. The number of amides is 3. The van der Waals surface area contributed by atoms with Gasteiger partial charge in [0.1, 0.15) is 11.9 Å². The van der Waals surface area contributed by atoms with Crippen LogP contribution in [0.15, 0.2) is 91.0 Å². The molecule has 0 bridgehead atoms. The standard InChI is InChI=1S/C34H34FN3O3/c1-2-20-36-33(40)30(22-24-11-4-3-5-12-24)38(23-26-13-6-7-17-28(26)35)31(39)19-10-21-37-29-18-9-15-25-14-8-16-27(32(25)29)34(37)41/h3-9,11-18,30H,2,10,19-23H2,1H3,(H,36,40)/t30-/m0/s1. The lowest BCUT2D eigenvalue weighted by Crippen LogP contribution is -2.50. The molecule has 210 valence electrons. The van der Waals surface area contributed by atoms with Crippen molar-refractivity contribution in [3.63, 3.8) is 0 Å². The Kier molecular flexibility index (Phi) is 8.73. The molecule has 1 aliphatic rings. The van der Waals surface area contributed by atoms with Crippen LogP contribution >= 0.6 is 0 Å². The lowest BCUT2D eigenvalue weighted by molar-refractivity contribution is -0.141. The van der Waals surface area contributed by atoms with Crippen LogP contribution in [0.4, 0.5) is 10.1 Å². The smallest absolute Gasteiger partial charge is 0.258 e. The van der Waals surface area contributed by atoms with Crippen LogP contribution in [0.3, 0.4) is 0 Å². The summed E-state index contributed by atoms with van der Waals surface area (Å²) in [4.78, 5) is 43.7. The van der Waals surface area contributed by atoms with E-state index in [2.05, 4.69) is 5.32 Å². The van der Waals surface area contributed by atoms with Gasteiger partial charge in [0.05, 0.1) is 5.69 Å². The minimum absolute atomic E-state index is 0.0318. The third-order valence-corrected chi connectivity index (χ3v) is 7.54. The lowest BCUT2D eigenvalue weighted by atomic mass is 10.0. The molecule has 0 unspecified atom stereocenters. The number of benzene rings is 4. The minimum Gasteiger partial charge on any atom is -0.354 e. The molecule has 5 rings (SSSR count). The summed E-state index contributed by atoms with van der Waals surface area (Å²) in [5.41, 5.74) is 2.77. The van der Waals surface area contributed by atoms with Gasteiger partial charge in [-0.2, -0.15) is 0 Å². The number of hydrogen-bond acceptors (Lipinski definition) is 3. The molecule has 4 aromatic rings. The topological polar surface area (TPSA) is 69.7 Å². The van der Waals surface area contributed by atoms with E-state index in [1.54, 1.807) is 23.1 Å². The summed E-state index contributed by atoms with van der Waals surface area (Å²) >= 11 is 0. The second-order valence-electron chi connectivity index (χ2n) is 10.4. The first kappa shape index (κ1) is 28.0. The highest BCUT2D eigenvalue weighted by molar-refractivity contribution is 6.25. The lowest BCUT2D eigenvalue weighted by Gasteiger charge is -2.32. The Labute approximate surface area is 239 Å². The Bertz CT molecular complexity index is 1550. The number of carbonyl (C=O) groups is 3. The van der Waals surface area contributed by atoms with Gasteiger partial charge in [0.2, 0.25) is 11.8 Å². The first-order valence-electron chi connectivity index (χ1n) is 14.2. The van der Waals surface area contributed by atoms with Gasteiger partial charge in [0.25, 0.3) is 5.91 Å². The molecule has 4 aromatic carbocycles. The van der Waals surface area contributed by atoms with Gasteiger partial charge in [0, 0.05) is 49.0 Å². The van der Waals surface area contributed by atoms with Crippen molar-refractivity contribution in [3.8, 4) is 0 Å². The van der Waals surface area contributed by atoms with Crippen molar-refractivity contribution >= 4 is 34.2 Å². The molecule has 0 fully saturated rings. The molecule has 0 saturated heterocycles. The third-order valence-electron chi connectivity index (χ3n) is 7.54. The number of rotatable bonds is 12. The normalized spacial score (nSPS) is 12.9. The van der Waals surface area contributed by atoms with Gasteiger partial charge >= 0.3 is 0 Å². The second kappa shape index (κ2) is 12.8. The summed E-state index contributed by atoms with van der Waals surface area (Å²) in [6.07, 6.45) is 1.57. The fraction of sp³-hybridized carbons (Fsp3) is 0.265. The molecular formula is C34H34FN3O3. The molecule has 41 heavy (non-hydrogen) atoms. The summed E-state index contributed by atoms with van der Waals surface area (Å²) < 4.78 is 14.8. The van der Waals surface area contributed by atoms with Crippen molar-refractivity contribution in [1.82, 2.24) is 10.2 Å². The quantitative estimate of drug-likeness (QED) is 0.239. The van der Waals surface area contributed by atoms with Gasteiger partial charge in [-0.15, -0.1) is 0 Å². The Morgan fingerprint density at radius 3 is 2.41 bits per heavy atom. The molecule has 1 N–H and O–H groups in total. The maximum absolute atomic E-state index is 14.8. The molecule has 0 spiro atoms. The highest BCUT2D eigenvalue weighted by atomic mass is 19.1. The molecule has 1 heterocycles. The van der Waals surface area contributed by atoms with Gasteiger partial charge in [-0.25, -0.2) is 4.39 Å². The van der Waals surface area contributed by atoms with E-state index in [0.717, 1.165) is 28.4 Å². The summed E-state index contributed by atoms with van der Waals surface area (Å²) in [5.74, 6) is -1.03. The second-order valence-corrected chi connectivity index (χ2v) is 10.4. The van der Waals surface area contributed by atoms with Crippen LogP contribution in [0, 0.1) is 5.82 Å². The predicted octanol–water partition coefficient (Wildman–Crippen LogP) is 5.89. The van der Waals surface area contributed by atoms with Crippen LogP contribution in [0.5, 0.6) is 0 Å². The zero-order chi connectivity index (χ0) is 28.8. The monoisotopic (exact) mass is 551 g/mol. The number of hydrogen-bond donors (Lipinski definition) is 1. The summed E-state index contributed by atoms with van der Waals surface area (Å²) in [6, 6.07) is 26.6. The van der Waals surface area contributed by atoms with E-state index < -0.39 is 11.9 Å². The molecule has 0 saturated carbocycles. The van der Waals surface area contributed by atoms with Gasteiger partial charge in [0.15, 0.2) is 0 Å². The van der Waals surface area contributed by atoms with Crippen molar-refractivity contribution in [2.75, 3.05) is 18.0 Å². The van der Waals surface area contributed by atoms with Crippen LogP contribution in [0.25, 0.3) is 10.8 Å². The van der Waals surface area contributed by atoms with Crippen molar-refractivity contribution in [2.24, 2.45) is 0 Å².